The van der Waals surface area contributed by atoms with Gasteiger partial charge in [0.05, 0.1) is 17.7 Å². The molecule has 30 heavy (non-hydrogen) atoms. The number of hydrogen-bond acceptors (Lipinski definition) is 7. The molecule has 1 aromatic heterocycles. The first-order valence-corrected chi connectivity index (χ1v) is 12.3. The van der Waals surface area contributed by atoms with Gasteiger partial charge in [-0.05, 0) is 49.9 Å². The van der Waals surface area contributed by atoms with E-state index in [0.29, 0.717) is 16.1 Å². The largest absolute Gasteiger partial charge is 0.495 e. The van der Waals surface area contributed by atoms with Crippen LogP contribution in [0.15, 0.2) is 51.7 Å². The van der Waals surface area contributed by atoms with Gasteiger partial charge in [0.15, 0.2) is 5.03 Å². The third-order valence-electron chi connectivity index (χ3n) is 4.15. The second-order valence-corrected chi connectivity index (χ2v) is 10.5. The van der Waals surface area contributed by atoms with E-state index in [9.17, 15) is 21.2 Å². The van der Waals surface area contributed by atoms with Gasteiger partial charge in [-0.15, -0.1) is 11.3 Å². The lowest BCUT2D eigenvalue weighted by Crippen LogP contribution is -2.20. The highest BCUT2D eigenvalue weighted by Gasteiger charge is 2.23. The maximum absolute atomic E-state index is 13.1. The molecule has 0 fully saturated rings. The van der Waals surface area contributed by atoms with Crippen LogP contribution in [0.3, 0.4) is 0 Å². The van der Waals surface area contributed by atoms with E-state index < -0.39 is 25.9 Å². The van der Waals surface area contributed by atoms with E-state index in [1.54, 1.807) is 0 Å². The molecule has 160 valence electrons. The second-order valence-electron chi connectivity index (χ2n) is 6.13. The van der Waals surface area contributed by atoms with Crippen LogP contribution in [0, 0.1) is 12.7 Å². The van der Waals surface area contributed by atoms with Crippen molar-refractivity contribution in [3.8, 4) is 16.3 Å². The Labute approximate surface area is 177 Å². The van der Waals surface area contributed by atoms with Crippen LogP contribution in [0.5, 0.6) is 5.75 Å². The molecule has 0 aliphatic carbocycles. The first-order chi connectivity index (χ1) is 14.1. The zero-order chi connectivity index (χ0) is 22.1. The van der Waals surface area contributed by atoms with Gasteiger partial charge in [-0.2, -0.15) is 8.42 Å². The zero-order valence-corrected chi connectivity index (χ0v) is 18.6. The molecular weight excluding hydrogens is 453 g/mol. The third kappa shape index (κ3) is 4.46. The van der Waals surface area contributed by atoms with Gasteiger partial charge in [-0.25, -0.2) is 22.5 Å². The topological polar surface area (TPSA) is 114 Å². The monoisotopic (exact) mass is 471 g/mol. The van der Waals surface area contributed by atoms with Gasteiger partial charge in [0.2, 0.25) is 10.0 Å². The van der Waals surface area contributed by atoms with Crippen LogP contribution in [0.25, 0.3) is 10.6 Å². The number of thiazole rings is 1. The van der Waals surface area contributed by atoms with Crippen molar-refractivity contribution >= 4 is 37.1 Å². The summed E-state index contributed by atoms with van der Waals surface area (Å²) in [7, 11) is -5.25. The molecule has 0 atom stereocenters. The van der Waals surface area contributed by atoms with Crippen LogP contribution in [-0.4, -0.2) is 36.0 Å². The van der Waals surface area contributed by atoms with E-state index in [2.05, 4.69) is 14.4 Å². The molecule has 0 bridgehead atoms. The molecule has 0 spiro atoms. The Hall–Kier alpha value is -2.54. The number of anilines is 1. The second kappa shape index (κ2) is 8.30. The zero-order valence-electron chi connectivity index (χ0n) is 16.1. The molecular formula is C18H18FN3O5S3. The average molecular weight is 472 g/mol. The van der Waals surface area contributed by atoms with E-state index in [-0.39, 0.29) is 21.4 Å². The number of hydrogen-bond donors (Lipinski definition) is 2. The summed E-state index contributed by atoms with van der Waals surface area (Å²) in [6.45, 7) is 1.54. The molecule has 1 heterocycles. The highest BCUT2D eigenvalue weighted by molar-refractivity contribution is 7.92. The lowest BCUT2D eigenvalue weighted by Gasteiger charge is -2.14. The van der Waals surface area contributed by atoms with Crippen molar-refractivity contribution in [1.82, 2.24) is 9.71 Å². The van der Waals surface area contributed by atoms with Crippen molar-refractivity contribution in [1.29, 1.82) is 0 Å². The quantitative estimate of drug-likeness (QED) is 0.548. The Morgan fingerprint density at radius 1 is 1.07 bits per heavy atom. The highest BCUT2D eigenvalue weighted by Crippen LogP contribution is 2.33. The van der Waals surface area contributed by atoms with Gasteiger partial charge in [-0.3, -0.25) is 4.72 Å². The fourth-order valence-corrected chi connectivity index (χ4v) is 5.75. The number of halogens is 1. The van der Waals surface area contributed by atoms with E-state index in [1.165, 1.54) is 62.9 Å². The Balaban J connectivity index is 1.96. The third-order valence-corrected chi connectivity index (χ3v) is 7.99. The fraction of sp³-hybridized carbons (Fsp3) is 0.167. The van der Waals surface area contributed by atoms with Crippen molar-refractivity contribution in [3.63, 3.8) is 0 Å². The normalized spacial score (nSPS) is 12.0. The van der Waals surface area contributed by atoms with Crippen LogP contribution in [0.1, 0.15) is 5.56 Å². The van der Waals surface area contributed by atoms with Crippen molar-refractivity contribution in [2.75, 3.05) is 18.9 Å². The molecule has 8 nitrogen and oxygen atoms in total. The predicted molar refractivity (Wildman–Crippen MR) is 112 cm³/mol. The maximum atomic E-state index is 13.1. The Kier molecular flexibility index (Phi) is 6.13. The van der Waals surface area contributed by atoms with Crippen molar-refractivity contribution in [3.05, 3.63) is 53.2 Å². The van der Waals surface area contributed by atoms with Crippen LogP contribution < -0.4 is 14.2 Å². The lowest BCUT2D eigenvalue weighted by atomic mass is 10.2. The summed E-state index contributed by atoms with van der Waals surface area (Å²) < 4.78 is 72.7. The van der Waals surface area contributed by atoms with Gasteiger partial charge in [0, 0.05) is 17.0 Å². The summed E-state index contributed by atoms with van der Waals surface area (Å²) in [5.74, 6) is -0.372. The minimum Gasteiger partial charge on any atom is -0.495 e. The minimum atomic E-state index is -4.08. The maximum Gasteiger partial charge on any atom is 0.280 e. The van der Waals surface area contributed by atoms with Crippen LogP contribution in [0.2, 0.25) is 0 Å². The van der Waals surface area contributed by atoms with Crippen molar-refractivity contribution in [2.45, 2.75) is 16.8 Å². The molecule has 0 aliphatic rings. The smallest absolute Gasteiger partial charge is 0.280 e. The molecule has 0 aliphatic heterocycles. The number of aryl methyl sites for hydroxylation is 1. The van der Waals surface area contributed by atoms with Gasteiger partial charge in [0.25, 0.3) is 10.0 Å². The van der Waals surface area contributed by atoms with E-state index in [0.717, 1.165) is 11.3 Å². The van der Waals surface area contributed by atoms with E-state index in [1.807, 2.05) is 0 Å². The molecule has 0 amide bonds. The van der Waals surface area contributed by atoms with Gasteiger partial charge < -0.3 is 4.74 Å². The molecule has 3 aromatic rings. The first-order valence-electron chi connectivity index (χ1n) is 8.44. The molecule has 0 unspecified atom stereocenters. The summed E-state index contributed by atoms with van der Waals surface area (Å²) in [5.41, 5.74) is 0.979. The number of sulfonamides is 2. The summed E-state index contributed by atoms with van der Waals surface area (Å²) in [5, 5.41) is 1.55. The number of nitrogens with one attached hydrogen (secondary N) is 2. The van der Waals surface area contributed by atoms with Crippen LogP contribution in [-0.2, 0) is 20.0 Å². The SMILES string of the molecule is CNS(=O)(=O)c1cc(OC)c(NS(=O)(=O)c2csc(-c3ccc(F)cc3)n2)cc1C. The molecule has 0 saturated heterocycles. The minimum absolute atomic E-state index is 0.0305. The summed E-state index contributed by atoms with van der Waals surface area (Å²) >= 11 is 1.10. The van der Waals surface area contributed by atoms with Gasteiger partial charge >= 0.3 is 0 Å². The fourth-order valence-electron chi connectivity index (χ4n) is 2.62. The number of rotatable bonds is 7. The van der Waals surface area contributed by atoms with Gasteiger partial charge in [0.1, 0.15) is 16.6 Å². The first kappa shape index (κ1) is 22.2. The number of ether oxygens (including phenoxy) is 1. The van der Waals surface area contributed by atoms with E-state index >= 15 is 0 Å². The lowest BCUT2D eigenvalue weighted by molar-refractivity contribution is 0.415. The molecule has 0 radical (unpaired) electrons. The summed E-state index contributed by atoms with van der Waals surface area (Å²) in [4.78, 5) is 4.09. The predicted octanol–water partition coefficient (Wildman–Crippen LogP) is 2.98. The summed E-state index contributed by atoms with van der Waals surface area (Å²) in [6, 6.07) is 8.14. The average Bonchev–Trinajstić information content (AvgIpc) is 3.19. The van der Waals surface area contributed by atoms with E-state index in [4.69, 9.17) is 4.74 Å². The van der Waals surface area contributed by atoms with Crippen LogP contribution >= 0.6 is 11.3 Å². The standard InChI is InChI=1S/C18H18FN3O5S3/c1-11-8-14(15(27-3)9-16(11)29(23,24)20-2)22-30(25,26)17-10-28-18(21-17)12-4-6-13(19)7-5-12/h4-10,20,22H,1-3H3. The molecule has 3 rings (SSSR count). The molecule has 2 aromatic carbocycles. The molecule has 2 N–H and O–H groups in total. The Bertz CT molecular complexity index is 1290. The number of aromatic nitrogens is 1. The highest BCUT2D eigenvalue weighted by atomic mass is 32.2. The molecule has 0 saturated carbocycles. The van der Waals surface area contributed by atoms with Gasteiger partial charge in [-0.1, -0.05) is 0 Å². The Morgan fingerprint density at radius 2 is 1.73 bits per heavy atom. The number of benzene rings is 2. The summed E-state index contributed by atoms with van der Waals surface area (Å²) in [6.07, 6.45) is 0. The Morgan fingerprint density at radius 3 is 2.33 bits per heavy atom. The van der Waals surface area contributed by atoms with Crippen molar-refractivity contribution < 1.29 is 26.0 Å². The van der Waals surface area contributed by atoms with Crippen LogP contribution in [0.4, 0.5) is 10.1 Å². The van der Waals surface area contributed by atoms with Crippen molar-refractivity contribution in [2.24, 2.45) is 0 Å². The number of nitrogens with zero attached hydrogens (tertiary/aromatic N) is 1. The number of methoxy groups -OCH3 is 1. The molecule has 12 heteroatoms.